The maximum absolute atomic E-state index is 13.7. The van der Waals surface area contributed by atoms with Crippen LogP contribution in [0.15, 0.2) is 72.8 Å². The second-order valence-electron chi connectivity index (χ2n) is 7.24. The summed E-state index contributed by atoms with van der Waals surface area (Å²) in [4.78, 5) is 15.4. The normalized spacial score (nSPS) is 10.7. The van der Waals surface area contributed by atoms with Crippen molar-refractivity contribution in [3.05, 3.63) is 89.5 Å². The molecule has 0 aliphatic rings. The monoisotopic (exact) mass is 433 g/mol. The average Bonchev–Trinajstić information content (AvgIpc) is 2.82. The first-order valence-electron chi connectivity index (χ1n) is 11.0. The van der Waals surface area contributed by atoms with Gasteiger partial charge in [-0.25, -0.2) is 0 Å². The Hall–Kier alpha value is -3.47. The maximum Gasteiger partial charge on any atom is 0.254 e. The van der Waals surface area contributed by atoms with Crippen molar-refractivity contribution in [3.63, 3.8) is 0 Å². The standard InChI is InChI=1S/C27H31NO4/c1-5-30-23-18-22(19-24(31-6-2)26(23)32-7-3)27(29)28(4)25(20-14-10-8-11-15-20)21-16-12-9-13-17-21/h8-19,25H,5-7H2,1-4H3. The van der Waals surface area contributed by atoms with E-state index >= 15 is 0 Å². The van der Waals surface area contributed by atoms with E-state index in [9.17, 15) is 4.79 Å². The molecule has 5 heteroatoms. The van der Waals surface area contributed by atoms with Gasteiger partial charge in [0.15, 0.2) is 11.5 Å². The van der Waals surface area contributed by atoms with Crippen LogP contribution in [0.25, 0.3) is 0 Å². The van der Waals surface area contributed by atoms with Crippen molar-refractivity contribution < 1.29 is 19.0 Å². The van der Waals surface area contributed by atoms with Gasteiger partial charge < -0.3 is 19.1 Å². The van der Waals surface area contributed by atoms with Gasteiger partial charge in [0.25, 0.3) is 5.91 Å². The summed E-state index contributed by atoms with van der Waals surface area (Å²) in [5, 5.41) is 0. The number of hydrogen-bond acceptors (Lipinski definition) is 4. The number of amides is 1. The van der Waals surface area contributed by atoms with Gasteiger partial charge in [0.1, 0.15) is 0 Å². The summed E-state index contributed by atoms with van der Waals surface area (Å²) < 4.78 is 17.4. The van der Waals surface area contributed by atoms with Crippen LogP contribution in [-0.4, -0.2) is 37.7 Å². The zero-order valence-electron chi connectivity index (χ0n) is 19.2. The smallest absolute Gasteiger partial charge is 0.254 e. The second kappa shape index (κ2) is 11.2. The van der Waals surface area contributed by atoms with Crippen LogP contribution in [0.5, 0.6) is 17.2 Å². The summed E-state index contributed by atoms with van der Waals surface area (Å²) in [5.74, 6) is 1.41. The topological polar surface area (TPSA) is 48.0 Å². The molecule has 0 N–H and O–H groups in total. The molecule has 0 atom stereocenters. The molecule has 0 aromatic heterocycles. The predicted molar refractivity (Wildman–Crippen MR) is 127 cm³/mol. The lowest BCUT2D eigenvalue weighted by Crippen LogP contribution is -2.32. The molecule has 3 aromatic carbocycles. The lowest BCUT2D eigenvalue weighted by Gasteiger charge is -2.30. The molecule has 0 fully saturated rings. The van der Waals surface area contributed by atoms with E-state index in [-0.39, 0.29) is 11.9 Å². The van der Waals surface area contributed by atoms with E-state index in [4.69, 9.17) is 14.2 Å². The van der Waals surface area contributed by atoms with Gasteiger partial charge in [-0.3, -0.25) is 4.79 Å². The van der Waals surface area contributed by atoms with Gasteiger partial charge >= 0.3 is 0 Å². The van der Waals surface area contributed by atoms with Gasteiger partial charge in [-0.2, -0.15) is 0 Å². The molecule has 0 saturated heterocycles. The third kappa shape index (κ3) is 5.22. The Balaban J connectivity index is 2.05. The Bertz CT molecular complexity index is 938. The molecule has 0 saturated carbocycles. The highest BCUT2D eigenvalue weighted by Crippen LogP contribution is 2.40. The highest BCUT2D eigenvalue weighted by molar-refractivity contribution is 5.96. The van der Waals surface area contributed by atoms with Crippen LogP contribution < -0.4 is 14.2 Å². The number of carbonyl (C=O) groups is 1. The Morgan fingerprint density at radius 2 is 1.19 bits per heavy atom. The third-order valence-corrected chi connectivity index (χ3v) is 5.09. The predicted octanol–water partition coefficient (Wildman–Crippen LogP) is 5.74. The van der Waals surface area contributed by atoms with E-state index in [1.165, 1.54) is 0 Å². The molecule has 0 aliphatic heterocycles. The largest absolute Gasteiger partial charge is 0.490 e. The number of ether oxygens (including phenoxy) is 3. The first-order valence-corrected chi connectivity index (χ1v) is 11.0. The van der Waals surface area contributed by atoms with Crippen LogP contribution in [0.3, 0.4) is 0 Å². The summed E-state index contributed by atoms with van der Waals surface area (Å²) in [6.07, 6.45) is 0. The van der Waals surface area contributed by atoms with Crippen LogP contribution in [0, 0.1) is 0 Å². The van der Waals surface area contributed by atoms with Gasteiger partial charge in [0.05, 0.1) is 25.9 Å². The summed E-state index contributed by atoms with van der Waals surface area (Å²) in [6, 6.07) is 23.3. The third-order valence-electron chi connectivity index (χ3n) is 5.09. The average molecular weight is 434 g/mol. The number of nitrogens with zero attached hydrogens (tertiary/aromatic N) is 1. The molecule has 3 rings (SSSR count). The Labute approximate surface area is 190 Å². The maximum atomic E-state index is 13.7. The molecule has 5 nitrogen and oxygen atoms in total. The second-order valence-corrected chi connectivity index (χ2v) is 7.24. The molecule has 32 heavy (non-hydrogen) atoms. The van der Waals surface area contributed by atoms with Crippen molar-refractivity contribution in [2.45, 2.75) is 26.8 Å². The van der Waals surface area contributed by atoms with Crippen LogP contribution in [0.2, 0.25) is 0 Å². The van der Waals surface area contributed by atoms with Crippen molar-refractivity contribution in [1.29, 1.82) is 0 Å². The van der Waals surface area contributed by atoms with E-state index in [0.717, 1.165) is 11.1 Å². The zero-order valence-corrected chi connectivity index (χ0v) is 19.2. The summed E-state index contributed by atoms with van der Waals surface area (Å²) in [6.45, 7) is 7.08. The van der Waals surface area contributed by atoms with Crippen LogP contribution in [0.4, 0.5) is 0 Å². The first-order chi connectivity index (χ1) is 15.6. The van der Waals surface area contributed by atoms with Crippen molar-refractivity contribution in [3.8, 4) is 17.2 Å². The fraction of sp³-hybridized carbons (Fsp3) is 0.296. The summed E-state index contributed by atoms with van der Waals surface area (Å²) >= 11 is 0. The molecule has 0 radical (unpaired) electrons. The van der Waals surface area contributed by atoms with E-state index in [2.05, 4.69) is 0 Å². The van der Waals surface area contributed by atoms with Gasteiger partial charge in [-0.05, 0) is 44.0 Å². The molecule has 0 heterocycles. The van der Waals surface area contributed by atoms with Gasteiger partial charge in [0.2, 0.25) is 5.75 Å². The van der Waals surface area contributed by atoms with Crippen LogP contribution >= 0.6 is 0 Å². The number of benzene rings is 3. The van der Waals surface area contributed by atoms with Gasteiger partial charge in [-0.15, -0.1) is 0 Å². The van der Waals surface area contributed by atoms with Crippen molar-refractivity contribution >= 4 is 5.91 Å². The lowest BCUT2D eigenvalue weighted by molar-refractivity contribution is 0.0754. The summed E-state index contributed by atoms with van der Waals surface area (Å²) in [5.41, 5.74) is 2.56. The number of hydrogen-bond donors (Lipinski definition) is 0. The molecular weight excluding hydrogens is 402 g/mol. The van der Waals surface area contributed by atoms with E-state index in [0.29, 0.717) is 42.6 Å². The minimum absolute atomic E-state index is 0.132. The Morgan fingerprint density at radius 1 is 0.750 bits per heavy atom. The lowest BCUT2D eigenvalue weighted by atomic mass is 9.96. The first kappa shape index (κ1) is 23.2. The highest BCUT2D eigenvalue weighted by atomic mass is 16.5. The molecule has 0 aliphatic carbocycles. The van der Waals surface area contributed by atoms with Crippen molar-refractivity contribution in [1.82, 2.24) is 4.90 Å². The number of rotatable bonds is 10. The molecule has 0 spiro atoms. The molecule has 3 aromatic rings. The van der Waals surface area contributed by atoms with Crippen LogP contribution in [0.1, 0.15) is 48.3 Å². The van der Waals surface area contributed by atoms with E-state index in [1.54, 1.807) is 17.0 Å². The van der Waals surface area contributed by atoms with Crippen molar-refractivity contribution in [2.75, 3.05) is 26.9 Å². The minimum atomic E-state index is -0.234. The fourth-order valence-electron chi connectivity index (χ4n) is 3.74. The van der Waals surface area contributed by atoms with Crippen LogP contribution in [-0.2, 0) is 0 Å². The van der Waals surface area contributed by atoms with E-state index < -0.39 is 0 Å². The molecule has 0 unspecified atom stereocenters. The molecule has 0 bridgehead atoms. The van der Waals surface area contributed by atoms with E-state index in [1.807, 2.05) is 88.5 Å². The molecule has 1 amide bonds. The minimum Gasteiger partial charge on any atom is -0.490 e. The Kier molecular flexibility index (Phi) is 8.14. The Morgan fingerprint density at radius 3 is 1.59 bits per heavy atom. The SMILES string of the molecule is CCOc1cc(C(=O)N(C)C(c2ccccc2)c2ccccc2)cc(OCC)c1OCC. The number of carbonyl (C=O) groups excluding carboxylic acids is 1. The fourth-order valence-corrected chi connectivity index (χ4v) is 3.74. The van der Waals surface area contributed by atoms with Crippen molar-refractivity contribution in [2.24, 2.45) is 0 Å². The quantitative estimate of drug-likeness (QED) is 0.409. The van der Waals surface area contributed by atoms with Gasteiger partial charge in [0, 0.05) is 12.6 Å². The molecule has 168 valence electrons. The summed E-state index contributed by atoms with van der Waals surface area (Å²) in [7, 11) is 1.82. The van der Waals surface area contributed by atoms with Gasteiger partial charge in [-0.1, -0.05) is 60.7 Å². The highest BCUT2D eigenvalue weighted by Gasteiger charge is 2.26. The zero-order chi connectivity index (χ0) is 22.9. The molecular formula is C27H31NO4.